The molecule has 1 aromatic carbocycles. The molecule has 2 nitrogen and oxygen atoms in total. The zero-order valence-corrected chi connectivity index (χ0v) is 18.2. The molecule has 1 saturated heterocycles. The van der Waals surface area contributed by atoms with E-state index < -0.39 is 0 Å². The van der Waals surface area contributed by atoms with Gasteiger partial charge in [0.2, 0.25) is 0 Å². The predicted octanol–water partition coefficient (Wildman–Crippen LogP) is 7.65. The van der Waals surface area contributed by atoms with E-state index in [1.807, 2.05) is 0 Å². The molecule has 0 aromatic heterocycles. The van der Waals surface area contributed by atoms with Crippen LogP contribution in [0.2, 0.25) is 0 Å². The second kappa shape index (κ2) is 15.6. The number of aryl methyl sites for hydroxylation is 1. The summed E-state index contributed by atoms with van der Waals surface area (Å²) in [6, 6.07) is 8.58. The Kier molecular flexibility index (Phi) is 12.8. The van der Waals surface area contributed by atoms with E-state index in [4.69, 9.17) is 9.47 Å². The quantitative estimate of drug-likeness (QED) is 0.147. The first-order chi connectivity index (χ1) is 13.9. The Morgan fingerprint density at radius 2 is 1.54 bits per heavy atom. The van der Waals surface area contributed by atoms with Crippen molar-refractivity contribution in [1.29, 1.82) is 0 Å². The lowest BCUT2D eigenvalue weighted by Gasteiger charge is -2.07. The summed E-state index contributed by atoms with van der Waals surface area (Å²) in [5.41, 5.74) is 1.40. The fourth-order valence-electron chi connectivity index (χ4n) is 3.53. The van der Waals surface area contributed by atoms with E-state index >= 15 is 0 Å². The van der Waals surface area contributed by atoms with E-state index in [1.54, 1.807) is 0 Å². The molecule has 28 heavy (non-hydrogen) atoms. The lowest BCUT2D eigenvalue weighted by atomic mass is 10.0. The van der Waals surface area contributed by atoms with Gasteiger partial charge in [-0.1, -0.05) is 89.0 Å². The molecule has 1 unspecified atom stereocenters. The van der Waals surface area contributed by atoms with Crippen LogP contribution in [0.4, 0.5) is 0 Å². The molecule has 0 spiro atoms. The van der Waals surface area contributed by atoms with Crippen molar-refractivity contribution in [3.05, 3.63) is 42.0 Å². The van der Waals surface area contributed by atoms with E-state index in [2.05, 4.69) is 43.3 Å². The smallest absolute Gasteiger partial charge is 0.119 e. The van der Waals surface area contributed by atoms with Gasteiger partial charge in [0.05, 0.1) is 6.61 Å². The van der Waals surface area contributed by atoms with Gasteiger partial charge in [0, 0.05) is 0 Å². The Labute approximate surface area is 173 Å². The van der Waals surface area contributed by atoms with Gasteiger partial charge in [-0.2, -0.15) is 0 Å². The van der Waals surface area contributed by atoms with Crippen molar-refractivity contribution >= 4 is 0 Å². The number of epoxide rings is 1. The lowest BCUT2D eigenvalue weighted by Crippen LogP contribution is -2.04. The highest BCUT2D eigenvalue weighted by molar-refractivity contribution is 5.28. The van der Waals surface area contributed by atoms with Crippen molar-refractivity contribution in [2.75, 3.05) is 13.2 Å². The van der Waals surface area contributed by atoms with Gasteiger partial charge in [0.25, 0.3) is 0 Å². The van der Waals surface area contributed by atoms with Gasteiger partial charge >= 0.3 is 0 Å². The summed E-state index contributed by atoms with van der Waals surface area (Å²) in [5.74, 6) is 0.990. The Hall–Kier alpha value is -1.28. The summed E-state index contributed by atoms with van der Waals surface area (Å²) < 4.78 is 11.0. The molecule has 1 fully saturated rings. The molecule has 2 heteroatoms. The van der Waals surface area contributed by atoms with E-state index in [0.717, 1.165) is 12.4 Å². The third-order valence-corrected chi connectivity index (χ3v) is 5.46. The minimum atomic E-state index is 0.330. The molecule has 0 aliphatic carbocycles. The Bertz CT molecular complexity index is 519. The zero-order chi connectivity index (χ0) is 19.7. The van der Waals surface area contributed by atoms with Crippen molar-refractivity contribution in [3.8, 4) is 5.75 Å². The van der Waals surface area contributed by atoms with Crippen molar-refractivity contribution < 1.29 is 9.47 Å². The van der Waals surface area contributed by atoms with Gasteiger partial charge in [-0.15, -0.1) is 0 Å². The fraction of sp³-hybridized carbons (Fsp3) is 0.692. The van der Waals surface area contributed by atoms with Crippen molar-refractivity contribution in [2.24, 2.45) is 0 Å². The number of ether oxygens (including phenoxy) is 2. The Morgan fingerprint density at radius 1 is 0.893 bits per heavy atom. The molecule has 1 atom stereocenters. The van der Waals surface area contributed by atoms with Crippen LogP contribution in [0.5, 0.6) is 5.75 Å². The topological polar surface area (TPSA) is 21.8 Å². The molecule has 1 aromatic rings. The third-order valence-electron chi connectivity index (χ3n) is 5.46. The minimum absolute atomic E-state index is 0.330. The number of rotatable bonds is 18. The Balaban J connectivity index is 1.36. The second-order valence-electron chi connectivity index (χ2n) is 8.25. The van der Waals surface area contributed by atoms with E-state index in [9.17, 15) is 0 Å². The summed E-state index contributed by atoms with van der Waals surface area (Å²) in [6.07, 6.45) is 23.9. The molecule has 0 saturated carbocycles. The second-order valence-corrected chi connectivity index (χ2v) is 8.25. The lowest BCUT2D eigenvalue weighted by molar-refractivity contribution is 0.263. The summed E-state index contributed by atoms with van der Waals surface area (Å²) in [4.78, 5) is 0. The highest BCUT2D eigenvalue weighted by Gasteiger charge is 2.22. The molecule has 2 rings (SSSR count). The summed E-state index contributed by atoms with van der Waals surface area (Å²) in [5, 5.41) is 0. The molecule has 1 aliphatic heterocycles. The molecule has 0 amide bonds. The maximum Gasteiger partial charge on any atom is 0.119 e. The monoisotopic (exact) mass is 386 g/mol. The van der Waals surface area contributed by atoms with E-state index in [0.29, 0.717) is 12.7 Å². The first kappa shape index (κ1) is 23.0. The number of unbranched alkanes of at least 4 members (excludes halogenated alkanes) is 11. The van der Waals surface area contributed by atoms with Crippen molar-refractivity contribution in [3.63, 3.8) is 0 Å². The molecule has 0 radical (unpaired) electrons. The largest absolute Gasteiger partial charge is 0.491 e. The van der Waals surface area contributed by atoms with Crippen LogP contribution in [0.25, 0.3) is 0 Å². The van der Waals surface area contributed by atoms with E-state index in [-0.39, 0.29) is 0 Å². The third kappa shape index (κ3) is 12.2. The van der Waals surface area contributed by atoms with Crippen LogP contribution >= 0.6 is 0 Å². The summed E-state index contributed by atoms with van der Waals surface area (Å²) in [7, 11) is 0. The van der Waals surface area contributed by atoms with Gasteiger partial charge in [0.15, 0.2) is 0 Å². The van der Waals surface area contributed by atoms with Gasteiger partial charge in [0.1, 0.15) is 18.5 Å². The normalized spacial score (nSPS) is 16.0. The fourth-order valence-corrected chi connectivity index (χ4v) is 3.53. The summed E-state index contributed by atoms with van der Waals surface area (Å²) >= 11 is 0. The maximum atomic E-state index is 5.77. The predicted molar refractivity (Wildman–Crippen MR) is 120 cm³/mol. The summed E-state index contributed by atoms with van der Waals surface area (Å²) in [6.45, 7) is 3.81. The first-order valence-electron chi connectivity index (χ1n) is 11.9. The zero-order valence-electron chi connectivity index (χ0n) is 18.2. The van der Waals surface area contributed by atoms with Crippen LogP contribution in [-0.4, -0.2) is 19.3 Å². The highest BCUT2D eigenvalue weighted by atomic mass is 16.6. The Morgan fingerprint density at radius 3 is 2.21 bits per heavy atom. The maximum absolute atomic E-state index is 5.77. The average molecular weight is 387 g/mol. The number of hydrogen-bond acceptors (Lipinski definition) is 2. The van der Waals surface area contributed by atoms with E-state index in [1.165, 1.54) is 95.5 Å². The number of allylic oxidation sites excluding steroid dienone is 2. The van der Waals surface area contributed by atoms with Crippen LogP contribution in [0.1, 0.15) is 96.0 Å². The molecule has 158 valence electrons. The van der Waals surface area contributed by atoms with Crippen LogP contribution in [-0.2, 0) is 11.2 Å². The molecule has 0 N–H and O–H groups in total. The van der Waals surface area contributed by atoms with Gasteiger partial charge in [-0.3, -0.25) is 0 Å². The van der Waals surface area contributed by atoms with Crippen LogP contribution < -0.4 is 4.74 Å². The van der Waals surface area contributed by atoms with Crippen molar-refractivity contribution in [1.82, 2.24) is 0 Å². The minimum Gasteiger partial charge on any atom is -0.491 e. The van der Waals surface area contributed by atoms with Crippen LogP contribution in [0.15, 0.2) is 36.4 Å². The standard InChI is InChI=1S/C26H42O2/c1-2-3-4-5-6-7-8-9-10-11-12-13-14-15-16-18-24-19-17-20-25(21-24)27-22-26-23-28-26/h5-6,17,19-21,26H,2-4,7-16,18,22-23H2,1H3/b6-5+. The number of hydrogen-bond donors (Lipinski definition) is 0. The SMILES string of the molecule is CCCC/C=C/CCCCCCCCCCCc1cccc(OCC2CO2)c1. The highest BCUT2D eigenvalue weighted by Crippen LogP contribution is 2.18. The molecular weight excluding hydrogens is 344 g/mol. The van der Waals surface area contributed by atoms with Crippen LogP contribution in [0, 0.1) is 0 Å². The van der Waals surface area contributed by atoms with Gasteiger partial charge in [-0.25, -0.2) is 0 Å². The van der Waals surface area contributed by atoms with Gasteiger partial charge in [-0.05, 0) is 49.8 Å². The molecule has 0 bridgehead atoms. The molecule has 1 aliphatic rings. The molecule has 1 heterocycles. The first-order valence-corrected chi connectivity index (χ1v) is 11.9. The van der Waals surface area contributed by atoms with Crippen LogP contribution in [0.3, 0.4) is 0 Å². The average Bonchev–Trinajstić information content (AvgIpc) is 3.54. The molecular formula is C26H42O2. The number of benzene rings is 1. The van der Waals surface area contributed by atoms with Gasteiger partial charge < -0.3 is 9.47 Å². The van der Waals surface area contributed by atoms with Crippen molar-refractivity contribution in [2.45, 2.75) is 103 Å².